The predicted octanol–water partition coefficient (Wildman–Crippen LogP) is 3.86. The molecule has 1 aliphatic heterocycles. The van der Waals surface area contributed by atoms with Crippen LogP contribution in [0.3, 0.4) is 0 Å². The molecule has 1 aromatic carbocycles. The zero-order valence-corrected chi connectivity index (χ0v) is 13.4. The Balaban J connectivity index is 1.50. The number of dihydropyridines is 1. The molecule has 0 amide bonds. The summed E-state index contributed by atoms with van der Waals surface area (Å²) in [5.74, 6) is 1.20. The third-order valence-electron chi connectivity index (χ3n) is 5.42. The van der Waals surface area contributed by atoms with E-state index in [1.165, 1.54) is 12.8 Å². The number of Topliss-reactive ketones (excluding diaryl/α,β-unsaturated/α-hetero) is 1. The molecule has 1 aromatic heterocycles. The van der Waals surface area contributed by atoms with Gasteiger partial charge in [-0.05, 0) is 37.5 Å². The maximum Gasteiger partial charge on any atom is 0.301 e. The van der Waals surface area contributed by atoms with Crippen molar-refractivity contribution in [2.45, 2.75) is 38.5 Å². The van der Waals surface area contributed by atoms with E-state index in [9.17, 15) is 4.79 Å². The minimum absolute atomic E-state index is 0.0947. The van der Waals surface area contributed by atoms with E-state index < -0.39 is 0 Å². The number of ketones is 1. The van der Waals surface area contributed by atoms with E-state index in [1.54, 1.807) is 0 Å². The maximum absolute atomic E-state index is 12.4. The predicted molar refractivity (Wildman–Crippen MR) is 91.0 cm³/mol. The SMILES string of the molecule is O=C1CCC2=C1C1(C=C(Nc3nc4ccccc4o3)N2)CCCC1. The van der Waals surface area contributed by atoms with Crippen molar-refractivity contribution < 1.29 is 9.21 Å². The van der Waals surface area contributed by atoms with Gasteiger partial charge in [0.05, 0.1) is 0 Å². The summed E-state index contributed by atoms with van der Waals surface area (Å²) in [5.41, 5.74) is 3.62. The molecule has 2 aliphatic carbocycles. The Bertz CT molecular complexity index is 867. The largest absolute Gasteiger partial charge is 0.423 e. The van der Waals surface area contributed by atoms with E-state index in [2.05, 4.69) is 21.7 Å². The van der Waals surface area contributed by atoms with Crippen LogP contribution in [0.2, 0.25) is 0 Å². The quantitative estimate of drug-likeness (QED) is 0.879. The molecule has 2 heterocycles. The van der Waals surface area contributed by atoms with E-state index in [1.807, 2.05) is 24.3 Å². The van der Waals surface area contributed by atoms with Crippen LogP contribution in [-0.4, -0.2) is 10.8 Å². The third-order valence-corrected chi connectivity index (χ3v) is 5.42. The number of benzene rings is 1. The average molecular weight is 321 g/mol. The number of para-hydroxylation sites is 2. The van der Waals surface area contributed by atoms with Gasteiger partial charge in [0.2, 0.25) is 0 Å². The van der Waals surface area contributed by atoms with Crippen LogP contribution >= 0.6 is 0 Å². The first-order valence-corrected chi connectivity index (χ1v) is 8.63. The molecular weight excluding hydrogens is 302 g/mol. The number of carbonyl (C=O) groups excluding carboxylic acids is 1. The van der Waals surface area contributed by atoms with E-state index in [4.69, 9.17) is 4.42 Å². The second-order valence-corrected chi connectivity index (χ2v) is 6.93. The molecule has 0 atom stereocenters. The zero-order valence-electron chi connectivity index (χ0n) is 13.4. The lowest BCUT2D eigenvalue weighted by Gasteiger charge is -2.33. The standard InChI is InChI=1S/C19H19N3O2/c23-14-8-7-13-17(14)19(9-3-4-10-19)11-16(20-13)22-18-21-12-5-1-2-6-15(12)24-18/h1-2,5-6,11,20H,3-4,7-10H2,(H,21,22). The minimum Gasteiger partial charge on any atom is -0.423 e. The van der Waals surface area contributed by atoms with Crippen molar-refractivity contribution in [1.82, 2.24) is 10.3 Å². The Morgan fingerprint density at radius 1 is 1.17 bits per heavy atom. The first kappa shape index (κ1) is 13.8. The van der Waals surface area contributed by atoms with Crippen LogP contribution in [0, 0.1) is 5.41 Å². The second-order valence-electron chi connectivity index (χ2n) is 6.93. The molecule has 0 radical (unpaired) electrons. The molecule has 1 fully saturated rings. The molecule has 0 unspecified atom stereocenters. The van der Waals surface area contributed by atoms with Gasteiger partial charge in [-0.2, -0.15) is 4.98 Å². The Morgan fingerprint density at radius 2 is 2.00 bits per heavy atom. The number of hydrogen-bond donors (Lipinski definition) is 2. The summed E-state index contributed by atoms with van der Waals surface area (Å²) in [5, 5.41) is 6.67. The summed E-state index contributed by atoms with van der Waals surface area (Å²) in [4.78, 5) is 16.9. The maximum atomic E-state index is 12.4. The molecule has 122 valence electrons. The van der Waals surface area contributed by atoms with Crippen molar-refractivity contribution in [1.29, 1.82) is 0 Å². The molecular formula is C19H19N3O2. The van der Waals surface area contributed by atoms with Gasteiger partial charge in [0.15, 0.2) is 11.4 Å². The smallest absolute Gasteiger partial charge is 0.301 e. The van der Waals surface area contributed by atoms with E-state index in [0.717, 1.165) is 47.5 Å². The zero-order chi connectivity index (χ0) is 16.1. The van der Waals surface area contributed by atoms with Crippen molar-refractivity contribution >= 4 is 22.9 Å². The van der Waals surface area contributed by atoms with Crippen molar-refractivity contribution in [2.75, 3.05) is 5.32 Å². The summed E-state index contributed by atoms with van der Waals surface area (Å²) in [6.45, 7) is 0. The van der Waals surface area contributed by atoms with Crippen LogP contribution in [0.1, 0.15) is 38.5 Å². The summed E-state index contributed by atoms with van der Waals surface area (Å²) in [7, 11) is 0. The van der Waals surface area contributed by atoms with Crippen molar-refractivity contribution in [3.05, 3.63) is 47.4 Å². The molecule has 3 aliphatic rings. The van der Waals surface area contributed by atoms with E-state index in [-0.39, 0.29) is 5.41 Å². The van der Waals surface area contributed by atoms with Crippen LogP contribution in [0.25, 0.3) is 11.1 Å². The summed E-state index contributed by atoms with van der Waals surface area (Å²) < 4.78 is 5.77. The molecule has 5 rings (SSSR count). The number of anilines is 1. The van der Waals surface area contributed by atoms with E-state index in [0.29, 0.717) is 18.2 Å². The van der Waals surface area contributed by atoms with Gasteiger partial charge in [-0.15, -0.1) is 0 Å². The van der Waals surface area contributed by atoms with Gasteiger partial charge in [-0.1, -0.05) is 25.0 Å². The second kappa shape index (κ2) is 4.97. The van der Waals surface area contributed by atoms with Crippen molar-refractivity contribution in [3.8, 4) is 0 Å². The first-order chi connectivity index (χ1) is 11.7. The van der Waals surface area contributed by atoms with E-state index >= 15 is 0 Å². The molecule has 1 spiro atoms. The van der Waals surface area contributed by atoms with Gasteiger partial charge in [0.1, 0.15) is 11.3 Å². The topological polar surface area (TPSA) is 67.2 Å². The molecule has 5 heteroatoms. The molecule has 0 bridgehead atoms. The highest BCUT2D eigenvalue weighted by atomic mass is 16.4. The number of nitrogens with one attached hydrogen (secondary N) is 2. The fraction of sp³-hybridized carbons (Fsp3) is 0.368. The number of aromatic nitrogens is 1. The molecule has 5 nitrogen and oxygen atoms in total. The lowest BCUT2D eigenvalue weighted by Crippen LogP contribution is -2.33. The lowest BCUT2D eigenvalue weighted by atomic mass is 9.75. The molecule has 2 N–H and O–H groups in total. The van der Waals surface area contributed by atoms with Gasteiger partial charge in [-0.25, -0.2) is 0 Å². The summed E-state index contributed by atoms with van der Waals surface area (Å²) in [6.07, 6.45) is 8.09. The summed E-state index contributed by atoms with van der Waals surface area (Å²) >= 11 is 0. The highest BCUT2D eigenvalue weighted by molar-refractivity contribution is 6.00. The average Bonchev–Trinajstić information content (AvgIpc) is 3.27. The fourth-order valence-electron chi connectivity index (χ4n) is 4.42. The number of nitrogens with zero attached hydrogens (tertiary/aromatic N) is 1. The Morgan fingerprint density at radius 3 is 2.83 bits per heavy atom. The monoisotopic (exact) mass is 321 g/mol. The minimum atomic E-state index is -0.0947. The number of oxazole rings is 1. The van der Waals surface area contributed by atoms with Crippen LogP contribution in [-0.2, 0) is 4.79 Å². The van der Waals surface area contributed by atoms with Crippen LogP contribution < -0.4 is 10.6 Å². The highest BCUT2D eigenvalue weighted by Gasteiger charge is 2.45. The number of carbonyl (C=O) groups is 1. The molecule has 24 heavy (non-hydrogen) atoms. The molecule has 0 saturated heterocycles. The Hall–Kier alpha value is -2.56. The van der Waals surface area contributed by atoms with Crippen molar-refractivity contribution in [3.63, 3.8) is 0 Å². The van der Waals surface area contributed by atoms with Gasteiger partial charge in [-0.3, -0.25) is 10.1 Å². The Kier molecular flexibility index (Phi) is 2.86. The number of hydrogen-bond acceptors (Lipinski definition) is 5. The van der Waals surface area contributed by atoms with Gasteiger partial charge < -0.3 is 9.73 Å². The molecule has 2 aromatic rings. The van der Waals surface area contributed by atoms with Gasteiger partial charge >= 0.3 is 6.01 Å². The van der Waals surface area contributed by atoms with Crippen molar-refractivity contribution in [2.24, 2.45) is 5.41 Å². The number of rotatable bonds is 2. The Labute approximate surface area is 139 Å². The van der Waals surface area contributed by atoms with Crippen LogP contribution in [0.15, 0.2) is 51.8 Å². The van der Waals surface area contributed by atoms with Gasteiger partial charge in [0, 0.05) is 23.1 Å². The van der Waals surface area contributed by atoms with Crippen LogP contribution in [0.5, 0.6) is 0 Å². The normalized spacial score (nSPS) is 22.0. The third kappa shape index (κ3) is 2.00. The number of fused-ring (bicyclic) bond motifs is 2. The summed E-state index contributed by atoms with van der Waals surface area (Å²) in [6, 6.07) is 8.20. The molecule has 1 saturated carbocycles. The highest BCUT2D eigenvalue weighted by Crippen LogP contribution is 2.51. The fourth-order valence-corrected chi connectivity index (χ4v) is 4.42. The first-order valence-electron chi connectivity index (χ1n) is 8.63. The number of allylic oxidation sites excluding steroid dienone is 3. The van der Waals surface area contributed by atoms with Gasteiger partial charge in [0.25, 0.3) is 0 Å². The van der Waals surface area contributed by atoms with Crippen LogP contribution in [0.4, 0.5) is 6.01 Å². The lowest BCUT2D eigenvalue weighted by molar-refractivity contribution is -0.115.